The molecule has 0 aromatic rings. The molecule has 1 radical (unpaired) electrons. The van der Waals surface area contributed by atoms with E-state index in [9.17, 15) is 4.79 Å². The SMILES string of the molecule is [CH2-]NC(C(=O)NO)C(C)O.[Y]. The molecule has 0 aliphatic heterocycles. The fourth-order valence-electron chi connectivity index (χ4n) is 0.552. The number of amides is 1. The number of aliphatic hydroxyl groups excluding tert-OH is 1. The van der Waals surface area contributed by atoms with E-state index >= 15 is 0 Å². The molecule has 0 heterocycles. The summed E-state index contributed by atoms with van der Waals surface area (Å²) in [4.78, 5) is 10.6. The van der Waals surface area contributed by atoms with Crippen LogP contribution >= 0.6 is 0 Å². The zero-order valence-electron chi connectivity index (χ0n) is 6.24. The van der Waals surface area contributed by atoms with Crippen LogP contribution in [0.3, 0.4) is 0 Å². The molecule has 0 rings (SSSR count). The van der Waals surface area contributed by atoms with Gasteiger partial charge in [0, 0.05) is 32.7 Å². The monoisotopic (exact) mass is 236 g/mol. The molecule has 0 saturated carbocycles. The summed E-state index contributed by atoms with van der Waals surface area (Å²) in [5.74, 6) is -0.704. The predicted molar refractivity (Wildman–Crippen MR) is 33.9 cm³/mol. The number of nitrogens with one attached hydrogen (secondary N) is 2. The maximum atomic E-state index is 10.6. The van der Waals surface area contributed by atoms with Gasteiger partial charge in [-0.3, -0.25) is 17.0 Å². The Morgan fingerprint density at radius 3 is 2.18 bits per heavy atom. The largest absolute Gasteiger partial charge is 0.460 e. The number of aliphatic hydroxyl groups is 1. The van der Waals surface area contributed by atoms with Crippen LogP contribution in [-0.4, -0.2) is 28.4 Å². The molecule has 0 aromatic heterocycles. The fraction of sp³-hybridized carbons (Fsp3) is 0.600. The fourth-order valence-corrected chi connectivity index (χ4v) is 0.552. The number of hydrogen-bond donors (Lipinski definition) is 4. The van der Waals surface area contributed by atoms with Crippen LogP contribution in [0.25, 0.3) is 0 Å². The van der Waals surface area contributed by atoms with E-state index in [-0.39, 0.29) is 32.7 Å². The maximum Gasteiger partial charge on any atom is 0.260 e. The van der Waals surface area contributed by atoms with Gasteiger partial charge in [-0.25, -0.2) is 5.48 Å². The summed E-state index contributed by atoms with van der Waals surface area (Å²) >= 11 is 0. The summed E-state index contributed by atoms with van der Waals surface area (Å²) in [7, 11) is 3.19. The van der Waals surface area contributed by atoms with Crippen LogP contribution < -0.4 is 10.8 Å². The van der Waals surface area contributed by atoms with Gasteiger partial charge in [-0.2, -0.15) is 0 Å². The van der Waals surface area contributed by atoms with Crippen LogP contribution in [0.1, 0.15) is 6.92 Å². The Morgan fingerprint density at radius 1 is 1.64 bits per heavy atom. The number of hydroxylamine groups is 1. The molecule has 0 aromatic carbocycles. The van der Waals surface area contributed by atoms with Crippen LogP contribution in [0.15, 0.2) is 0 Å². The molecule has 2 unspecified atom stereocenters. The molecule has 0 saturated heterocycles. The summed E-state index contributed by atoms with van der Waals surface area (Å²) < 4.78 is 0. The Balaban J connectivity index is 0. The van der Waals surface area contributed by atoms with Crippen molar-refractivity contribution in [3.05, 3.63) is 7.05 Å². The molecule has 0 aliphatic rings. The van der Waals surface area contributed by atoms with Crippen LogP contribution in [0.5, 0.6) is 0 Å². The minimum atomic E-state index is -0.885. The Bertz CT molecular complexity index is 120. The van der Waals surface area contributed by atoms with Gasteiger partial charge in [0.1, 0.15) is 0 Å². The van der Waals surface area contributed by atoms with Crippen LogP contribution in [0.4, 0.5) is 0 Å². The quantitative estimate of drug-likeness (QED) is 0.276. The van der Waals surface area contributed by atoms with E-state index in [0.29, 0.717) is 0 Å². The van der Waals surface area contributed by atoms with E-state index in [1.807, 2.05) is 0 Å². The van der Waals surface area contributed by atoms with Gasteiger partial charge < -0.3 is 10.4 Å². The molecule has 0 fully saturated rings. The van der Waals surface area contributed by atoms with Crippen molar-refractivity contribution < 1.29 is 47.8 Å². The second-order valence-corrected chi connectivity index (χ2v) is 1.90. The maximum absolute atomic E-state index is 10.6. The third-order valence-corrected chi connectivity index (χ3v) is 1.09. The van der Waals surface area contributed by atoms with E-state index in [4.69, 9.17) is 10.3 Å². The number of carbonyl (C=O) groups excluding carboxylic acids is 1. The van der Waals surface area contributed by atoms with Crippen molar-refractivity contribution >= 4 is 5.91 Å². The van der Waals surface area contributed by atoms with Gasteiger partial charge in [0.2, 0.25) is 0 Å². The average Bonchev–Trinajstić information content (AvgIpc) is 1.88. The molecule has 63 valence electrons. The molecule has 0 bridgehead atoms. The topological polar surface area (TPSA) is 81.6 Å². The summed E-state index contributed by atoms with van der Waals surface area (Å²) in [5.41, 5.74) is 1.40. The Labute approximate surface area is 90.4 Å². The van der Waals surface area contributed by atoms with E-state index in [0.717, 1.165) is 0 Å². The molecule has 4 N–H and O–H groups in total. The first kappa shape index (κ1) is 14.0. The average molecular weight is 236 g/mol. The number of hydrogen-bond acceptors (Lipinski definition) is 4. The minimum absolute atomic E-state index is 0. The first-order valence-corrected chi connectivity index (χ1v) is 2.78. The zero-order valence-corrected chi connectivity index (χ0v) is 9.08. The Kier molecular flexibility index (Phi) is 9.07. The van der Waals surface area contributed by atoms with Gasteiger partial charge in [-0.1, -0.05) is 0 Å². The number of carbonyl (C=O) groups is 1. The Hall–Kier alpha value is 0.454. The van der Waals surface area contributed by atoms with Crippen molar-refractivity contribution in [3.8, 4) is 0 Å². The third-order valence-electron chi connectivity index (χ3n) is 1.09. The van der Waals surface area contributed by atoms with Crippen LogP contribution in [-0.2, 0) is 37.5 Å². The molecule has 11 heavy (non-hydrogen) atoms. The molecular weight excluding hydrogens is 225 g/mol. The van der Waals surface area contributed by atoms with E-state index in [1.165, 1.54) is 12.4 Å². The molecule has 5 nitrogen and oxygen atoms in total. The van der Waals surface area contributed by atoms with Gasteiger partial charge in [-0.15, -0.1) is 0 Å². The summed E-state index contributed by atoms with van der Waals surface area (Å²) in [6, 6.07) is -0.870. The third kappa shape index (κ3) is 4.82. The Morgan fingerprint density at radius 2 is 2.09 bits per heavy atom. The first-order valence-electron chi connectivity index (χ1n) is 2.78. The van der Waals surface area contributed by atoms with Crippen molar-refractivity contribution in [2.45, 2.75) is 19.1 Å². The second-order valence-electron chi connectivity index (χ2n) is 1.90. The van der Waals surface area contributed by atoms with E-state index in [2.05, 4.69) is 12.4 Å². The van der Waals surface area contributed by atoms with Crippen molar-refractivity contribution in [2.75, 3.05) is 0 Å². The van der Waals surface area contributed by atoms with Gasteiger partial charge in [0.15, 0.2) is 0 Å². The summed E-state index contributed by atoms with van der Waals surface area (Å²) in [6.45, 7) is 1.41. The van der Waals surface area contributed by atoms with Crippen molar-refractivity contribution in [3.63, 3.8) is 0 Å². The smallest absolute Gasteiger partial charge is 0.260 e. The predicted octanol–water partition coefficient (Wildman–Crippen LogP) is -1.38. The summed E-state index contributed by atoms with van der Waals surface area (Å²) in [5, 5.41) is 19.2. The van der Waals surface area contributed by atoms with Gasteiger partial charge >= 0.3 is 0 Å². The van der Waals surface area contributed by atoms with Crippen LogP contribution in [0, 0.1) is 7.05 Å². The summed E-state index contributed by atoms with van der Waals surface area (Å²) in [6.07, 6.45) is -0.885. The van der Waals surface area contributed by atoms with Crippen molar-refractivity contribution in [2.24, 2.45) is 0 Å². The molecule has 0 spiro atoms. The number of rotatable bonds is 3. The second kappa shape index (κ2) is 7.12. The van der Waals surface area contributed by atoms with Gasteiger partial charge in [-0.05, 0) is 6.92 Å². The molecular formula is C5H11N2O3Y-. The van der Waals surface area contributed by atoms with E-state index < -0.39 is 18.1 Å². The van der Waals surface area contributed by atoms with E-state index in [1.54, 1.807) is 0 Å². The van der Waals surface area contributed by atoms with Crippen molar-refractivity contribution in [1.29, 1.82) is 0 Å². The zero-order chi connectivity index (χ0) is 8.15. The molecule has 1 amide bonds. The first-order chi connectivity index (χ1) is 4.63. The molecule has 6 heteroatoms. The minimum Gasteiger partial charge on any atom is -0.460 e. The van der Waals surface area contributed by atoms with Crippen molar-refractivity contribution in [1.82, 2.24) is 10.8 Å². The standard InChI is InChI=1S/C5H11N2O3.Y/c1-3(8)4(6-2)5(9)7-10;/h3-4,6,8,10H,2H2,1H3,(H,7,9);/q-1;. The van der Waals surface area contributed by atoms with Gasteiger partial charge in [0.25, 0.3) is 5.91 Å². The van der Waals surface area contributed by atoms with Crippen LogP contribution in [0.2, 0.25) is 0 Å². The van der Waals surface area contributed by atoms with Gasteiger partial charge in [0.05, 0.1) is 12.1 Å². The molecule has 2 atom stereocenters. The molecule has 0 aliphatic carbocycles. The normalized spacial score (nSPS) is 14.5.